The Labute approximate surface area is 180 Å². The number of para-hydroxylation sites is 1. The number of anilines is 1. The molecule has 0 atom stereocenters. The molecule has 1 N–H and O–H groups in total. The van der Waals surface area contributed by atoms with E-state index in [0.29, 0.717) is 0 Å². The molecule has 3 rings (SSSR count). The molecule has 0 aliphatic heterocycles. The van der Waals surface area contributed by atoms with E-state index in [1.165, 1.54) is 54.6 Å². The molecule has 0 bridgehead atoms. The Balaban J connectivity index is 1.59. The highest BCUT2D eigenvalue weighted by Gasteiger charge is 2.17. The van der Waals surface area contributed by atoms with Crippen LogP contribution in [0, 0.1) is 15.9 Å². The van der Waals surface area contributed by atoms with Crippen molar-refractivity contribution in [2.45, 2.75) is 0 Å². The van der Waals surface area contributed by atoms with Gasteiger partial charge in [0.15, 0.2) is 6.61 Å². The van der Waals surface area contributed by atoms with Crippen molar-refractivity contribution < 1.29 is 28.4 Å². The largest absolute Gasteiger partial charge is 0.452 e. The van der Waals surface area contributed by atoms with Crippen molar-refractivity contribution in [3.8, 4) is 11.5 Å². The summed E-state index contributed by atoms with van der Waals surface area (Å²) in [6.07, 6.45) is 0. The van der Waals surface area contributed by atoms with Gasteiger partial charge in [0.2, 0.25) is 5.75 Å². The number of nitrogens with zero attached hydrogens (tertiary/aromatic N) is 1. The number of carbonyl (C=O) groups is 2. The second-order valence-electron chi connectivity index (χ2n) is 6.10. The number of halogens is 2. The van der Waals surface area contributed by atoms with Gasteiger partial charge >= 0.3 is 11.7 Å². The van der Waals surface area contributed by atoms with Crippen LogP contribution in [0.15, 0.2) is 66.7 Å². The number of benzene rings is 3. The minimum atomic E-state index is -0.785. The van der Waals surface area contributed by atoms with Gasteiger partial charge in [-0.15, -0.1) is 0 Å². The molecule has 31 heavy (non-hydrogen) atoms. The quantitative estimate of drug-likeness (QED) is 0.313. The standard InChI is InChI=1S/C21H14ClFN2O6/c22-14-7-10-19(18(11-14)25(28)29)31-15-8-5-13(6-9-15)21(27)30-12-20(26)24-17-4-2-1-3-16(17)23/h1-11H,12H2,(H,24,26). The zero-order chi connectivity index (χ0) is 22.4. The summed E-state index contributed by atoms with van der Waals surface area (Å²) < 4.78 is 23.9. The molecule has 0 aliphatic carbocycles. The molecule has 0 heterocycles. The summed E-state index contributed by atoms with van der Waals surface area (Å²) in [7, 11) is 0. The summed E-state index contributed by atoms with van der Waals surface area (Å²) in [5, 5.41) is 13.6. The van der Waals surface area contributed by atoms with Crippen molar-refractivity contribution in [1.29, 1.82) is 0 Å². The summed E-state index contributed by atoms with van der Waals surface area (Å²) in [6.45, 7) is -0.609. The Morgan fingerprint density at radius 1 is 1.06 bits per heavy atom. The molecule has 8 nitrogen and oxygen atoms in total. The number of nitro benzene ring substituents is 1. The van der Waals surface area contributed by atoms with Gasteiger partial charge in [-0.05, 0) is 48.5 Å². The average Bonchev–Trinajstić information content (AvgIpc) is 2.75. The van der Waals surface area contributed by atoms with Crippen molar-refractivity contribution >= 4 is 34.9 Å². The van der Waals surface area contributed by atoms with Crippen molar-refractivity contribution in [2.75, 3.05) is 11.9 Å². The van der Waals surface area contributed by atoms with E-state index in [-0.39, 0.29) is 33.5 Å². The molecule has 10 heteroatoms. The van der Waals surface area contributed by atoms with Crippen LogP contribution in [-0.2, 0) is 9.53 Å². The maximum atomic E-state index is 13.5. The normalized spacial score (nSPS) is 10.3. The molecule has 0 radical (unpaired) electrons. The summed E-state index contributed by atoms with van der Waals surface area (Å²) in [5.74, 6) is -1.88. The molecule has 0 spiro atoms. The number of rotatable bonds is 7. The Kier molecular flexibility index (Phi) is 6.78. The molecule has 158 valence electrons. The zero-order valence-electron chi connectivity index (χ0n) is 15.7. The number of nitro groups is 1. The summed E-state index contributed by atoms with van der Waals surface area (Å²) in [6, 6.07) is 15.1. The van der Waals surface area contributed by atoms with Gasteiger partial charge in [-0.2, -0.15) is 0 Å². The van der Waals surface area contributed by atoms with E-state index in [1.54, 1.807) is 6.07 Å². The fourth-order valence-electron chi connectivity index (χ4n) is 2.47. The molecule has 0 saturated carbocycles. The predicted molar refractivity (Wildman–Crippen MR) is 110 cm³/mol. The lowest BCUT2D eigenvalue weighted by Crippen LogP contribution is -2.21. The predicted octanol–water partition coefficient (Wildman–Crippen LogP) is 4.98. The first-order valence-electron chi connectivity index (χ1n) is 8.77. The number of ether oxygens (including phenoxy) is 2. The molecule has 3 aromatic rings. The maximum Gasteiger partial charge on any atom is 0.338 e. The summed E-state index contributed by atoms with van der Waals surface area (Å²) in [4.78, 5) is 34.4. The van der Waals surface area contributed by atoms with Crippen molar-refractivity contribution in [3.05, 3.63) is 93.2 Å². The van der Waals surface area contributed by atoms with Crippen molar-refractivity contribution in [2.24, 2.45) is 0 Å². The zero-order valence-corrected chi connectivity index (χ0v) is 16.5. The maximum absolute atomic E-state index is 13.5. The topological polar surface area (TPSA) is 108 Å². The highest BCUT2D eigenvalue weighted by atomic mass is 35.5. The molecule has 1 amide bonds. The highest BCUT2D eigenvalue weighted by molar-refractivity contribution is 6.30. The van der Waals surface area contributed by atoms with Gasteiger partial charge in [-0.25, -0.2) is 9.18 Å². The Bertz CT molecular complexity index is 1140. The van der Waals surface area contributed by atoms with Crippen LogP contribution < -0.4 is 10.1 Å². The minimum Gasteiger partial charge on any atom is -0.452 e. The minimum absolute atomic E-state index is 0.0189. The number of nitrogens with one attached hydrogen (secondary N) is 1. The first-order valence-corrected chi connectivity index (χ1v) is 9.14. The lowest BCUT2D eigenvalue weighted by Gasteiger charge is -2.09. The van der Waals surface area contributed by atoms with Gasteiger partial charge in [0.25, 0.3) is 5.91 Å². The SMILES string of the molecule is O=C(COC(=O)c1ccc(Oc2ccc(Cl)cc2[N+](=O)[O-])cc1)Nc1ccccc1F. The molecule has 0 saturated heterocycles. The Hall–Kier alpha value is -3.98. The van der Waals surface area contributed by atoms with Crippen LogP contribution in [0.2, 0.25) is 5.02 Å². The van der Waals surface area contributed by atoms with Crippen molar-refractivity contribution in [1.82, 2.24) is 0 Å². The fraction of sp³-hybridized carbons (Fsp3) is 0.0476. The van der Waals surface area contributed by atoms with E-state index in [0.717, 1.165) is 6.07 Å². The van der Waals surface area contributed by atoms with E-state index in [9.17, 15) is 24.1 Å². The summed E-state index contributed by atoms with van der Waals surface area (Å²) >= 11 is 5.77. The van der Waals surface area contributed by atoms with E-state index in [4.69, 9.17) is 21.1 Å². The van der Waals surface area contributed by atoms with Crippen LogP contribution >= 0.6 is 11.6 Å². The first-order chi connectivity index (χ1) is 14.8. The first kappa shape index (κ1) is 21.7. The second-order valence-corrected chi connectivity index (χ2v) is 6.54. The van der Waals surface area contributed by atoms with E-state index in [1.807, 2.05) is 0 Å². The molecule has 0 unspecified atom stereocenters. The lowest BCUT2D eigenvalue weighted by molar-refractivity contribution is -0.385. The Morgan fingerprint density at radius 3 is 2.45 bits per heavy atom. The van der Waals surface area contributed by atoms with Gasteiger partial charge in [0.05, 0.1) is 16.2 Å². The van der Waals surface area contributed by atoms with Gasteiger partial charge in [0.1, 0.15) is 11.6 Å². The second kappa shape index (κ2) is 9.68. The van der Waals surface area contributed by atoms with Crippen LogP contribution in [0.25, 0.3) is 0 Å². The third kappa shape index (κ3) is 5.77. The molecular weight excluding hydrogens is 431 g/mol. The van der Waals surface area contributed by atoms with E-state index >= 15 is 0 Å². The van der Waals surface area contributed by atoms with E-state index in [2.05, 4.69) is 5.32 Å². The van der Waals surface area contributed by atoms with Gasteiger partial charge < -0.3 is 14.8 Å². The van der Waals surface area contributed by atoms with Crippen LogP contribution in [0.5, 0.6) is 11.5 Å². The van der Waals surface area contributed by atoms with Crippen LogP contribution in [0.1, 0.15) is 10.4 Å². The van der Waals surface area contributed by atoms with Gasteiger partial charge in [-0.1, -0.05) is 23.7 Å². The third-order valence-corrected chi connectivity index (χ3v) is 4.15. The number of amides is 1. The molecule has 0 fully saturated rings. The monoisotopic (exact) mass is 444 g/mol. The molecule has 3 aromatic carbocycles. The fourth-order valence-corrected chi connectivity index (χ4v) is 2.64. The average molecular weight is 445 g/mol. The smallest absolute Gasteiger partial charge is 0.338 e. The highest BCUT2D eigenvalue weighted by Crippen LogP contribution is 2.33. The van der Waals surface area contributed by atoms with Crippen LogP contribution in [-0.4, -0.2) is 23.4 Å². The number of esters is 1. The summed E-state index contributed by atoms with van der Waals surface area (Å²) in [5.41, 5.74) is -0.213. The molecular formula is C21H14ClFN2O6. The number of hydrogen-bond acceptors (Lipinski definition) is 6. The Morgan fingerprint density at radius 2 is 1.77 bits per heavy atom. The van der Waals surface area contributed by atoms with Gasteiger partial charge in [-0.3, -0.25) is 14.9 Å². The van der Waals surface area contributed by atoms with E-state index < -0.39 is 29.2 Å². The number of carbonyl (C=O) groups excluding carboxylic acids is 2. The molecule has 0 aromatic heterocycles. The third-order valence-electron chi connectivity index (χ3n) is 3.92. The van der Waals surface area contributed by atoms with Gasteiger partial charge in [0, 0.05) is 11.1 Å². The van der Waals surface area contributed by atoms with Crippen LogP contribution in [0.3, 0.4) is 0 Å². The lowest BCUT2D eigenvalue weighted by atomic mass is 10.2. The molecule has 0 aliphatic rings. The van der Waals surface area contributed by atoms with Crippen molar-refractivity contribution in [3.63, 3.8) is 0 Å². The van der Waals surface area contributed by atoms with Crippen LogP contribution in [0.4, 0.5) is 15.8 Å². The number of hydrogen-bond donors (Lipinski definition) is 1.